The van der Waals surface area contributed by atoms with E-state index in [2.05, 4.69) is 24.3 Å². The molecule has 0 bridgehead atoms. The number of Topliss-reactive ketones (excluding diaryl/α,β-unsaturated/α-hetero) is 2. The lowest BCUT2D eigenvalue weighted by atomic mass is 10.0. The van der Waals surface area contributed by atoms with Crippen LogP contribution in [-0.4, -0.2) is 16.1 Å². The Morgan fingerprint density at radius 2 is 1.00 bits per heavy atom. The van der Waals surface area contributed by atoms with E-state index in [4.69, 9.17) is 0 Å². The van der Waals surface area contributed by atoms with Crippen LogP contribution in [0.3, 0.4) is 0 Å². The molecule has 0 fully saturated rings. The fourth-order valence-corrected chi connectivity index (χ4v) is 5.24. The average molecular weight is 522 g/mol. The van der Waals surface area contributed by atoms with Gasteiger partial charge in [-0.25, -0.2) is 9.13 Å². The minimum Gasteiger partial charge on any atom is -0.290 e. The van der Waals surface area contributed by atoms with E-state index >= 15 is 0 Å². The monoisotopic (exact) mass is 521 g/mol. The molecule has 0 saturated carbocycles. The van der Waals surface area contributed by atoms with Gasteiger partial charge in [0.05, 0.1) is 0 Å². The lowest BCUT2D eigenvalue weighted by molar-refractivity contribution is -0.664. The van der Waals surface area contributed by atoms with Crippen molar-refractivity contribution in [2.45, 2.75) is 20.0 Å². The Morgan fingerprint density at radius 1 is 0.550 bits per heavy atom. The number of imidazole rings is 1. The van der Waals surface area contributed by atoms with Gasteiger partial charge in [-0.1, -0.05) is 121 Å². The van der Waals surface area contributed by atoms with Crippen LogP contribution < -0.4 is 4.57 Å². The van der Waals surface area contributed by atoms with Crippen LogP contribution in [0.5, 0.6) is 0 Å². The van der Waals surface area contributed by atoms with Gasteiger partial charge in [0.25, 0.3) is 5.82 Å². The molecule has 4 heteroatoms. The Hall–Kier alpha value is -5.09. The topological polar surface area (TPSA) is 43.0 Å². The molecule has 0 aliphatic rings. The summed E-state index contributed by atoms with van der Waals surface area (Å²) in [7, 11) is 0. The van der Waals surface area contributed by atoms with Gasteiger partial charge in [0.2, 0.25) is 11.6 Å². The molecule has 0 spiro atoms. The van der Waals surface area contributed by atoms with Crippen molar-refractivity contribution in [3.05, 3.63) is 150 Å². The number of hydrogen-bond donors (Lipinski definition) is 0. The number of nitrogens with zero attached hydrogens (tertiary/aromatic N) is 2. The van der Waals surface area contributed by atoms with Crippen LogP contribution in [-0.2, 0) is 13.1 Å². The summed E-state index contributed by atoms with van der Waals surface area (Å²) in [6.45, 7) is 2.37. The molecule has 0 aliphatic heterocycles. The number of ketones is 2. The van der Waals surface area contributed by atoms with E-state index in [1.807, 2.05) is 125 Å². The molecule has 4 nitrogen and oxygen atoms in total. The number of para-hydroxylation sites is 2. The summed E-state index contributed by atoms with van der Waals surface area (Å²) in [5.41, 5.74) is 7.59. The smallest absolute Gasteiger partial charge is 0.255 e. The lowest BCUT2D eigenvalue weighted by Crippen LogP contribution is -2.40. The number of aromatic nitrogens is 2. The van der Waals surface area contributed by atoms with Crippen molar-refractivity contribution in [1.29, 1.82) is 0 Å². The molecule has 0 amide bonds. The van der Waals surface area contributed by atoms with Crippen LogP contribution in [0, 0.1) is 6.92 Å². The number of carbonyl (C=O) groups is 2. The van der Waals surface area contributed by atoms with E-state index in [1.54, 1.807) is 0 Å². The SMILES string of the molecule is Cc1n(CC(=O)c2ccc(-c3ccccc3)cc2)c2ccccc2[n+]1CC(=O)c1ccc(-c2ccccc2)cc1. The third-order valence-corrected chi connectivity index (χ3v) is 7.48. The first kappa shape index (κ1) is 25.2. The van der Waals surface area contributed by atoms with E-state index in [0.717, 1.165) is 39.1 Å². The second-order valence-corrected chi connectivity index (χ2v) is 9.94. The van der Waals surface area contributed by atoms with Crippen molar-refractivity contribution in [3.63, 3.8) is 0 Å². The summed E-state index contributed by atoms with van der Waals surface area (Å²) in [6.07, 6.45) is 0. The van der Waals surface area contributed by atoms with Gasteiger partial charge in [-0.05, 0) is 34.4 Å². The van der Waals surface area contributed by atoms with Crippen LogP contribution in [0.2, 0.25) is 0 Å². The lowest BCUT2D eigenvalue weighted by Gasteiger charge is -2.05. The summed E-state index contributed by atoms with van der Waals surface area (Å²) in [4.78, 5) is 26.7. The van der Waals surface area contributed by atoms with Crippen LogP contribution in [0.15, 0.2) is 133 Å². The zero-order chi connectivity index (χ0) is 27.5. The molecule has 6 aromatic rings. The fourth-order valence-electron chi connectivity index (χ4n) is 5.24. The molecule has 0 saturated heterocycles. The number of fused-ring (bicyclic) bond motifs is 1. The van der Waals surface area contributed by atoms with E-state index in [-0.39, 0.29) is 24.7 Å². The fraction of sp³-hybridized carbons (Fsp3) is 0.0833. The van der Waals surface area contributed by atoms with Gasteiger partial charge in [-0.2, -0.15) is 0 Å². The zero-order valence-corrected chi connectivity index (χ0v) is 22.3. The summed E-state index contributed by atoms with van der Waals surface area (Å²) >= 11 is 0. The first-order chi connectivity index (χ1) is 19.6. The third kappa shape index (κ3) is 4.99. The summed E-state index contributed by atoms with van der Waals surface area (Å²) in [6, 6.07) is 43.7. The molecule has 0 aliphatic carbocycles. The van der Waals surface area contributed by atoms with Crippen molar-refractivity contribution >= 4 is 22.6 Å². The predicted octanol–water partition coefficient (Wildman–Crippen LogP) is 7.34. The predicted molar refractivity (Wildman–Crippen MR) is 159 cm³/mol. The second kappa shape index (κ2) is 11.0. The van der Waals surface area contributed by atoms with E-state index in [1.165, 1.54) is 0 Å². The first-order valence-corrected chi connectivity index (χ1v) is 13.4. The molecule has 0 N–H and O–H groups in total. The third-order valence-electron chi connectivity index (χ3n) is 7.48. The highest BCUT2D eigenvalue weighted by atomic mass is 16.1. The van der Waals surface area contributed by atoms with E-state index in [0.29, 0.717) is 11.1 Å². The molecule has 1 aromatic heterocycles. The Bertz CT molecular complexity index is 1670. The minimum absolute atomic E-state index is 0.0263. The number of hydrogen-bond acceptors (Lipinski definition) is 2. The summed E-state index contributed by atoms with van der Waals surface area (Å²) in [5, 5.41) is 0. The van der Waals surface area contributed by atoms with Gasteiger partial charge < -0.3 is 0 Å². The second-order valence-electron chi connectivity index (χ2n) is 9.94. The van der Waals surface area contributed by atoms with Gasteiger partial charge in [0.15, 0.2) is 24.1 Å². The van der Waals surface area contributed by atoms with Crippen molar-refractivity contribution in [1.82, 2.24) is 4.57 Å². The van der Waals surface area contributed by atoms with Crippen molar-refractivity contribution in [3.8, 4) is 22.3 Å². The maximum Gasteiger partial charge on any atom is 0.255 e. The number of carbonyl (C=O) groups excluding carboxylic acids is 2. The Kier molecular flexibility index (Phi) is 6.90. The van der Waals surface area contributed by atoms with Gasteiger partial charge in [-0.3, -0.25) is 9.59 Å². The van der Waals surface area contributed by atoms with Gasteiger partial charge in [-0.15, -0.1) is 0 Å². The largest absolute Gasteiger partial charge is 0.290 e. The molecule has 0 radical (unpaired) electrons. The van der Waals surface area contributed by atoms with Crippen LogP contribution in [0.4, 0.5) is 0 Å². The highest BCUT2D eigenvalue weighted by Crippen LogP contribution is 2.22. The molecule has 5 aromatic carbocycles. The summed E-state index contributed by atoms with van der Waals surface area (Å²) in [5.74, 6) is 0.918. The van der Waals surface area contributed by atoms with Crippen LogP contribution in [0.25, 0.3) is 33.3 Å². The minimum atomic E-state index is 0.0263. The molecular formula is C36H29N2O2+. The maximum absolute atomic E-state index is 13.4. The molecule has 40 heavy (non-hydrogen) atoms. The van der Waals surface area contributed by atoms with E-state index in [9.17, 15) is 9.59 Å². The Balaban J connectivity index is 1.24. The molecule has 1 heterocycles. The molecule has 0 atom stereocenters. The van der Waals surface area contributed by atoms with Gasteiger partial charge in [0, 0.05) is 18.1 Å². The Morgan fingerprint density at radius 3 is 1.55 bits per heavy atom. The van der Waals surface area contributed by atoms with Gasteiger partial charge in [0.1, 0.15) is 0 Å². The molecular weight excluding hydrogens is 492 g/mol. The molecule has 194 valence electrons. The highest BCUT2D eigenvalue weighted by molar-refractivity contribution is 5.97. The van der Waals surface area contributed by atoms with E-state index < -0.39 is 0 Å². The quantitative estimate of drug-likeness (QED) is 0.155. The van der Waals surface area contributed by atoms with Crippen molar-refractivity contribution in [2.75, 3.05) is 0 Å². The number of rotatable bonds is 8. The van der Waals surface area contributed by atoms with Gasteiger partial charge >= 0.3 is 0 Å². The first-order valence-electron chi connectivity index (χ1n) is 13.4. The van der Waals surface area contributed by atoms with Crippen molar-refractivity contribution in [2.24, 2.45) is 0 Å². The standard InChI is InChI=1S/C36H29N2O2/c1-26-37(24-35(39)31-20-16-29(17-21-31)27-10-4-2-5-11-27)33-14-8-9-15-34(33)38(26)25-36(40)32-22-18-30(19-23-32)28-12-6-3-7-13-28/h2-23H,24-25H2,1H3/q+1. The van der Waals surface area contributed by atoms with Crippen LogP contribution >= 0.6 is 0 Å². The Labute approximate surface area is 233 Å². The van der Waals surface area contributed by atoms with Crippen molar-refractivity contribution < 1.29 is 14.2 Å². The van der Waals surface area contributed by atoms with Crippen LogP contribution in [0.1, 0.15) is 26.5 Å². The highest BCUT2D eigenvalue weighted by Gasteiger charge is 2.25. The maximum atomic E-state index is 13.4. The molecule has 6 rings (SSSR count). The zero-order valence-electron chi connectivity index (χ0n) is 22.3. The average Bonchev–Trinajstić information content (AvgIpc) is 3.28. The normalized spacial score (nSPS) is 11.0. The molecule has 0 unspecified atom stereocenters. The summed E-state index contributed by atoms with van der Waals surface area (Å²) < 4.78 is 4.02. The number of benzene rings is 5.